The lowest BCUT2D eigenvalue weighted by atomic mass is 10.0. The highest BCUT2D eigenvalue weighted by Gasteiger charge is 2.45. The van der Waals surface area contributed by atoms with Gasteiger partial charge in [-0.2, -0.15) is 0 Å². The van der Waals surface area contributed by atoms with Crippen molar-refractivity contribution in [3.63, 3.8) is 0 Å². The first kappa shape index (κ1) is 16.7. The van der Waals surface area contributed by atoms with Gasteiger partial charge in [0, 0.05) is 31.1 Å². The van der Waals surface area contributed by atoms with E-state index < -0.39 is 0 Å². The van der Waals surface area contributed by atoms with E-state index in [-0.39, 0.29) is 11.9 Å². The third-order valence-corrected chi connectivity index (χ3v) is 5.87. The van der Waals surface area contributed by atoms with E-state index >= 15 is 0 Å². The van der Waals surface area contributed by atoms with E-state index in [2.05, 4.69) is 47.9 Å². The van der Waals surface area contributed by atoms with E-state index in [1.54, 1.807) is 12.1 Å². The van der Waals surface area contributed by atoms with E-state index in [1.165, 1.54) is 24.8 Å². The van der Waals surface area contributed by atoms with Crippen LogP contribution in [0.2, 0.25) is 0 Å². The number of hydrogen-bond donors (Lipinski definition) is 2. The first-order chi connectivity index (χ1) is 12.2. The molecule has 2 nitrogen and oxygen atoms in total. The second-order valence-corrected chi connectivity index (χ2v) is 7.89. The molecule has 0 spiro atoms. The van der Waals surface area contributed by atoms with Gasteiger partial charge in [0.05, 0.1) is 0 Å². The average molecular weight is 338 g/mol. The summed E-state index contributed by atoms with van der Waals surface area (Å²) in [5.74, 6) is 0.527. The van der Waals surface area contributed by atoms with Crippen molar-refractivity contribution in [3.05, 3.63) is 71.5 Å². The van der Waals surface area contributed by atoms with Gasteiger partial charge in [0.25, 0.3) is 0 Å². The number of nitrogens with one attached hydrogen (secondary N) is 2. The second-order valence-electron chi connectivity index (χ2n) is 7.89. The van der Waals surface area contributed by atoms with E-state index in [1.807, 2.05) is 12.1 Å². The van der Waals surface area contributed by atoms with Crippen molar-refractivity contribution < 1.29 is 4.39 Å². The van der Waals surface area contributed by atoms with Gasteiger partial charge in [-0.1, -0.05) is 42.5 Å². The van der Waals surface area contributed by atoms with Crippen molar-refractivity contribution in [1.82, 2.24) is 10.6 Å². The first-order valence-corrected chi connectivity index (χ1v) is 9.42. The summed E-state index contributed by atoms with van der Waals surface area (Å²) in [6.07, 6.45) is 3.86. The van der Waals surface area contributed by atoms with Gasteiger partial charge in [-0.05, 0) is 54.9 Å². The smallest absolute Gasteiger partial charge is 0.123 e. The van der Waals surface area contributed by atoms with Crippen LogP contribution >= 0.6 is 0 Å². The van der Waals surface area contributed by atoms with Gasteiger partial charge < -0.3 is 10.6 Å². The minimum absolute atomic E-state index is 0.170. The van der Waals surface area contributed by atoms with Crippen molar-refractivity contribution in [1.29, 1.82) is 0 Å². The van der Waals surface area contributed by atoms with Gasteiger partial charge in [0.15, 0.2) is 0 Å². The van der Waals surface area contributed by atoms with Gasteiger partial charge in [-0.3, -0.25) is 0 Å². The van der Waals surface area contributed by atoms with E-state index in [0.717, 1.165) is 18.7 Å². The molecule has 3 atom stereocenters. The molecule has 2 unspecified atom stereocenters. The Hall–Kier alpha value is -1.71. The molecule has 0 aromatic heterocycles. The Labute approximate surface area is 149 Å². The fourth-order valence-electron chi connectivity index (χ4n) is 3.67. The van der Waals surface area contributed by atoms with Crippen LogP contribution in [0.4, 0.5) is 4.39 Å². The highest BCUT2D eigenvalue weighted by molar-refractivity contribution is 5.27. The third-order valence-electron chi connectivity index (χ3n) is 5.87. The lowest BCUT2D eigenvalue weighted by Crippen LogP contribution is -2.35. The monoisotopic (exact) mass is 338 g/mol. The molecule has 2 saturated carbocycles. The molecule has 2 aromatic carbocycles. The molecule has 25 heavy (non-hydrogen) atoms. The Morgan fingerprint density at radius 2 is 1.76 bits per heavy atom. The van der Waals surface area contributed by atoms with Crippen LogP contribution in [-0.4, -0.2) is 19.1 Å². The van der Waals surface area contributed by atoms with Crippen LogP contribution in [0.15, 0.2) is 54.6 Å². The number of rotatable bonds is 8. The summed E-state index contributed by atoms with van der Waals surface area (Å²) >= 11 is 0. The Morgan fingerprint density at radius 1 is 1.04 bits per heavy atom. The third kappa shape index (κ3) is 4.10. The Morgan fingerprint density at radius 3 is 2.44 bits per heavy atom. The molecule has 0 aliphatic heterocycles. The maximum atomic E-state index is 13.0. The summed E-state index contributed by atoms with van der Waals surface area (Å²) in [6, 6.07) is 18.6. The standard InChI is InChI=1S/C22H27FN2/c1-16(17-7-9-19(23)10-8-17)24-14-22(11-12-22)15-25-21-13-20(21)18-5-3-2-4-6-18/h2-10,16,20-21,24-25H,11-15H2,1H3/t16?,20?,21-/m0/s1. The van der Waals surface area contributed by atoms with Crippen LogP contribution in [0.5, 0.6) is 0 Å². The van der Waals surface area contributed by atoms with Gasteiger partial charge >= 0.3 is 0 Å². The first-order valence-electron chi connectivity index (χ1n) is 9.42. The van der Waals surface area contributed by atoms with Crippen LogP contribution in [0.1, 0.15) is 49.3 Å². The van der Waals surface area contributed by atoms with Crippen LogP contribution in [-0.2, 0) is 0 Å². The van der Waals surface area contributed by atoms with Gasteiger partial charge in [0.2, 0.25) is 0 Å². The Bertz CT molecular complexity index is 694. The van der Waals surface area contributed by atoms with Gasteiger partial charge in [-0.25, -0.2) is 4.39 Å². The molecule has 3 heteroatoms. The molecule has 2 fully saturated rings. The average Bonchev–Trinajstić information content (AvgIpc) is 3.55. The molecule has 132 valence electrons. The SMILES string of the molecule is CC(NCC1(CN[C@H]2CC2c2ccccc2)CC1)c1ccc(F)cc1. The molecule has 2 aliphatic rings. The highest BCUT2D eigenvalue weighted by atomic mass is 19.1. The van der Waals surface area contributed by atoms with Crippen molar-refractivity contribution in [2.24, 2.45) is 5.41 Å². The molecular weight excluding hydrogens is 311 g/mol. The number of benzene rings is 2. The van der Waals surface area contributed by atoms with Crippen molar-refractivity contribution in [3.8, 4) is 0 Å². The molecule has 0 bridgehead atoms. The fraction of sp³-hybridized carbons (Fsp3) is 0.455. The summed E-state index contributed by atoms with van der Waals surface area (Å²) in [7, 11) is 0. The maximum Gasteiger partial charge on any atom is 0.123 e. The summed E-state index contributed by atoms with van der Waals surface area (Å²) in [5.41, 5.74) is 3.03. The normalized spacial score (nSPS) is 24.7. The highest BCUT2D eigenvalue weighted by Crippen LogP contribution is 2.47. The van der Waals surface area contributed by atoms with Crippen molar-refractivity contribution in [2.45, 2.75) is 44.2 Å². The lowest BCUT2D eigenvalue weighted by molar-refractivity contribution is 0.398. The van der Waals surface area contributed by atoms with Gasteiger partial charge in [0.1, 0.15) is 5.82 Å². The van der Waals surface area contributed by atoms with Crippen molar-refractivity contribution >= 4 is 0 Å². The predicted molar refractivity (Wildman–Crippen MR) is 100 cm³/mol. The van der Waals surface area contributed by atoms with Gasteiger partial charge in [-0.15, -0.1) is 0 Å². The minimum Gasteiger partial charge on any atom is -0.313 e. The van der Waals surface area contributed by atoms with Crippen LogP contribution in [0.3, 0.4) is 0 Å². The molecular formula is C22H27FN2. The number of halogens is 1. The van der Waals surface area contributed by atoms with E-state index in [9.17, 15) is 4.39 Å². The molecule has 2 N–H and O–H groups in total. The molecule has 0 saturated heterocycles. The largest absolute Gasteiger partial charge is 0.313 e. The Balaban J connectivity index is 1.23. The van der Waals surface area contributed by atoms with Crippen LogP contribution in [0.25, 0.3) is 0 Å². The molecule has 0 radical (unpaired) electrons. The quantitative estimate of drug-likeness (QED) is 0.745. The van der Waals surface area contributed by atoms with Crippen molar-refractivity contribution in [2.75, 3.05) is 13.1 Å². The summed E-state index contributed by atoms with van der Waals surface area (Å²) in [5, 5.41) is 7.44. The molecule has 0 amide bonds. The lowest BCUT2D eigenvalue weighted by Gasteiger charge is -2.21. The minimum atomic E-state index is -0.170. The fourth-order valence-corrected chi connectivity index (χ4v) is 3.67. The predicted octanol–water partition coefficient (Wildman–Crippen LogP) is 4.40. The maximum absolute atomic E-state index is 13.0. The summed E-state index contributed by atoms with van der Waals surface area (Å²) in [4.78, 5) is 0. The Kier molecular flexibility index (Phi) is 4.61. The van der Waals surface area contributed by atoms with E-state index in [4.69, 9.17) is 0 Å². The topological polar surface area (TPSA) is 24.1 Å². The molecule has 2 aliphatic carbocycles. The summed E-state index contributed by atoms with van der Waals surface area (Å²) < 4.78 is 13.0. The zero-order valence-corrected chi connectivity index (χ0v) is 14.8. The zero-order valence-electron chi connectivity index (χ0n) is 14.8. The summed E-state index contributed by atoms with van der Waals surface area (Å²) in [6.45, 7) is 4.29. The molecule has 4 rings (SSSR count). The van der Waals surface area contributed by atoms with E-state index in [0.29, 0.717) is 17.4 Å². The molecule has 2 aromatic rings. The van der Waals surface area contributed by atoms with Crippen LogP contribution in [0, 0.1) is 11.2 Å². The number of hydrogen-bond acceptors (Lipinski definition) is 2. The molecule has 0 heterocycles. The van der Waals surface area contributed by atoms with Crippen LogP contribution < -0.4 is 10.6 Å². The zero-order chi connectivity index (χ0) is 17.3. The second kappa shape index (κ2) is 6.89.